The Hall–Kier alpha value is -1.92. The van der Waals surface area contributed by atoms with E-state index in [2.05, 4.69) is 15.7 Å². The van der Waals surface area contributed by atoms with Crippen molar-refractivity contribution in [3.63, 3.8) is 0 Å². The highest BCUT2D eigenvalue weighted by molar-refractivity contribution is 6.04. The Morgan fingerprint density at radius 3 is 2.74 bits per heavy atom. The molecule has 1 fully saturated rings. The maximum atomic E-state index is 12.7. The summed E-state index contributed by atoms with van der Waals surface area (Å²) in [6, 6.07) is 7.21. The van der Waals surface area contributed by atoms with Crippen molar-refractivity contribution in [3.8, 4) is 0 Å². The molecule has 1 aliphatic rings. The summed E-state index contributed by atoms with van der Waals surface area (Å²) in [5, 5.41) is 11.9. The molecule has 1 aromatic heterocycles. The Labute approximate surface area is 166 Å². The Morgan fingerprint density at radius 2 is 2.07 bits per heavy atom. The third-order valence-electron chi connectivity index (χ3n) is 4.86. The van der Waals surface area contributed by atoms with Crippen LogP contribution >= 0.6 is 12.4 Å². The van der Waals surface area contributed by atoms with E-state index >= 15 is 0 Å². The van der Waals surface area contributed by atoms with Crippen molar-refractivity contribution in [2.45, 2.75) is 39.7 Å². The van der Waals surface area contributed by atoms with Gasteiger partial charge < -0.3 is 10.6 Å². The zero-order valence-electron chi connectivity index (χ0n) is 16.0. The number of rotatable bonds is 6. The van der Waals surface area contributed by atoms with Gasteiger partial charge in [-0.2, -0.15) is 5.10 Å². The summed E-state index contributed by atoms with van der Waals surface area (Å²) in [5.74, 6) is 0.683. The Balaban J connectivity index is 0.00000261. The summed E-state index contributed by atoms with van der Waals surface area (Å²) >= 11 is 0. The topological polar surface area (TPSA) is 76.0 Å². The van der Waals surface area contributed by atoms with E-state index in [-0.39, 0.29) is 29.8 Å². The molecule has 148 valence electrons. The zero-order chi connectivity index (χ0) is 18.5. The van der Waals surface area contributed by atoms with Crippen molar-refractivity contribution in [1.82, 2.24) is 20.4 Å². The van der Waals surface area contributed by atoms with E-state index < -0.39 is 0 Å². The summed E-state index contributed by atoms with van der Waals surface area (Å²) in [6.07, 6.45) is 3.37. The van der Waals surface area contributed by atoms with Crippen LogP contribution in [0.1, 0.15) is 43.6 Å². The first kappa shape index (κ1) is 21.4. The Kier molecular flexibility index (Phi) is 7.80. The highest BCUT2D eigenvalue weighted by Crippen LogP contribution is 2.15. The molecule has 0 aliphatic carbocycles. The van der Waals surface area contributed by atoms with Crippen LogP contribution in [0.2, 0.25) is 0 Å². The van der Waals surface area contributed by atoms with Crippen molar-refractivity contribution in [3.05, 3.63) is 40.3 Å². The number of fused-ring (bicyclic) bond motifs is 1. The number of nitrogens with one attached hydrogen (secondary N) is 2. The number of nitrogens with zero attached hydrogens (tertiary/aromatic N) is 2. The molecule has 7 heteroatoms. The highest BCUT2D eigenvalue weighted by Gasteiger charge is 2.18. The first-order chi connectivity index (χ1) is 12.6. The van der Waals surface area contributed by atoms with E-state index in [4.69, 9.17) is 0 Å². The molecule has 3 rings (SSSR count). The number of hydrogen-bond acceptors (Lipinski definition) is 4. The van der Waals surface area contributed by atoms with E-state index in [1.165, 1.54) is 17.5 Å². The molecule has 6 nitrogen and oxygen atoms in total. The van der Waals surface area contributed by atoms with E-state index in [1.54, 1.807) is 12.1 Å². The second kappa shape index (κ2) is 9.85. The van der Waals surface area contributed by atoms with E-state index in [1.807, 2.05) is 26.0 Å². The minimum absolute atomic E-state index is 0. The Bertz CT molecular complexity index is 828. The van der Waals surface area contributed by atoms with Gasteiger partial charge in [0.25, 0.3) is 11.5 Å². The molecule has 1 unspecified atom stereocenters. The highest BCUT2D eigenvalue weighted by atomic mass is 35.5. The summed E-state index contributed by atoms with van der Waals surface area (Å²) in [7, 11) is 0. The number of hydrogen-bond donors (Lipinski definition) is 2. The van der Waals surface area contributed by atoms with Gasteiger partial charge in [-0.1, -0.05) is 32.0 Å². The van der Waals surface area contributed by atoms with Crippen LogP contribution in [-0.4, -0.2) is 35.3 Å². The van der Waals surface area contributed by atoms with Gasteiger partial charge >= 0.3 is 0 Å². The second-order valence-electron chi connectivity index (χ2n) is 7.53. The normalized spacial score (nSPS) is 16.9. The third-order valence-corrected chi connectivity index (χ3v) is 4.86. The molecular weight excluding hydrogens is 364 g/mol. The van der Waals surface area contributed by atoms with Gasteiger partial charge in [0.2, 0.25) is 0 Å². The van der Waals surface area contributed by atoms with Crippen molar-refractivity contribution < 1.29 is 4.79 Å². The average molecular weight is 393 g/mol. The maximum absolute atomic E-state index is 12.7. The molecule has 1 atom stereocenters. The quantitative estimate of drug-likeness (QED) is 0.792. The number of aromatic nitrogens is 2. The molecule has 2 aromatic rings. The number of amides is 1. The summed E-state index contributed by atoms with van der Waals surface area (Å²) < 4.78 is 1.42. The van der Waals surface area contributed by atoms with Crippen LogP contribution < -0.4 is 16.2 Å². The van der Waals surface area contributed by atoms with Crippen LogP contribution in [0.3, 0.4) is 0 Å². The monoisotopic (exact) mass is 392 g/mol. The lowest BCUT2D eigenvalue weighted by Crippen LogP contribution is -2.34. The minimum atomic E-state index is -0.206. The van der Waals surface area contributed by atoms with Gasteiger partial charge in [-0.25, -0.2) is 4.68 Å². The van der Waals surface area contributed by atoms with E-state index in [0.29, 0.717) is 35.5 Å². The zero-order valence-corrected chi connectivity index (χ0v) is 16.8. The van der Waals surface area contributed by atoms with Crippen molar-refractivity contribution >= 4 is 29.1 Å². The first-order valence-electron chi connectivity index (χ1n) is 9.55. The lowest BCUT2D eigenvalue weighted by Gasteiger charge is -2.22. The summed E-state index contributed by atoms with van der Waals surface area (Å²) in [4.78, 5) is 25.4. The first-order valence-corrected chi connectivity index (χ1v) is 9.55. The van der Waals surface area contributed by atoms with Gasteiger partial charge in [0.05, 0.1) is 5.39 Å². The number of benzene rings is 1. The summed E-state index contributed by atoms with van der Waals surface area (Å²) in [5.41, 5.74) is 0.196. The molecule has 1 aliphatic heterocycles. The van der Waals surface area contributed by atoms with Gasteiger partial charge in [-0.15, -0.1) is 12.4 Å². The van der Waals surface area contributed by atoms with Gasteiger partial charge in [0, 0.05) is 18.5 Å². The van der Waals surface area contributed by atoms with Crippen LogP contribution in [0.15, 0.2) is 29.1 Å². The SMILES string of the molecule is CC(C)Cn1nc(C(=O)NCCC2CCCNC2)c2ccccc2c1=O.Cl. The number of carbonyl (C=O) groups excluding carboxylic acids is 1. The standard InChI is InChI=1S/C20H28N4O2.ClH/c1-14(2)13-24-20(26)17-8-4-3-7-16(17)18(23-24)19(25)22-11-9-15-6-5-10-21-12-15;/h3-4,7-8,14-15,21H,5-6,9-13H2,1-2H3,(H,22,25);1H. The van der Waals surface area contributed by atoms with E-state index in [0.717, 1.165) is 19.5 Å². The number of carbonyl (C=O) groups is 1. The third kappa shape index (κ3) is 5.30. The Morgan fingerprint density at radius 1 is 1.33 bits per heavy atom. The molecule has 2 N–H and O–H groups in total. The maximum Gasteiger partial charge on any atom is 0.274 e. The molecule has 1 saturated heterocycles. The van der Waals surface area contributed by atoms with Gasteiger partial charge in [-0.3, -0.25) is 9.59 Å². The van der Waals surface area contributed by atoms with Crippen LogP contribution in [0.5, 0.6) is 0 Å². The largest absolute Gasteiger partial charge is 0.351 e. The fraction of sp³-hybridized carbons (Fsp3) is 0.550. The average Bonchev–Trinajstić information content (AvgIpc) is 2.64. The van der Waals surface area contributed by atoms with Gasteiger partial charge in [0.1, 0.15) is 0 Å². The van der Waals surface area contributed by atoms with Gasteiger partial charge in [-0.05, 0) is 50.3 Å². The predicted octanol–water partition coefficient (Wildman–Crippen LogP) is 2.59. The lowest BCUT2D eigenvalue weighted by molar-refractivity contribution is 0.0945. The van der Waals surface area contributed by atoms with Crippen LogP contribution in [-0.2, 0) is 6.54 Å². The summed E-state index contributed by atoms with van der Waals surface area (Å²) in [6.45, 7) is 7.30. The molecule has 2 heterocycles. The molecule has 0 saturated carbocycles. The number of halogens is 1. The second-order valence-corrected chi connectivity index (χ2v) is 7.53. The van der Waals surface area contributed by atoms with Crippen molar-refractivity contribution in [1.29, 1.82) is 0 Å². The molecule has 1 amide bonds. The molecule has 0 bridgehead atoms. The smallest absolute Gasteiger partial charge is 0.274 e. The molecular formula is C20H29ClN4O2. The van der Waals surface area contributed by atoms with Crippen LogP contribution in [0.25, 0.3) is 10.8 Å². The number of piperidine rings is 1. The fourth-order valence-electron chi connectivity index (χ4n) is 3.52. The lowest BCUT2D eigenvalue weighted by atomic mass is 9.96. The molecule has 27 heavy (non-hydrogen) atoms. The van der Waals surface area contributed by atoms with Crippen LogP contribution in [0.4, 0.5) is 0 Å². The molecule has 0 spiro atoms. The fourth-order valence-corrected chi connectivity index (χ4v) is 3.52. The van der Waals surface area contributed by atoms with Crippen molar-refractivity contribution in [2.24, 2.45) is 11.8 Å². The van der Waals surface area contributed by atoms with Gasteiger partial charge in [0.15, 0.2) is 5.69 Å². The van der Waals surface area contributed by atoms with Crippen LogP contribution in [0, 0.1) is 11.8 Å². The van der Waals surface area contributed by atoms with E-state index in [9.17, 15) is 9.59 Å². The minimum Gasteiger partial charge on any atom is -0.351 e. The molecule has 1 aromatic carbocycles. The predicted molar refractivity (Wildman–Crippen MR) is 111 cm³/mol. The van der Waals surface area contributed by atoms with Crippen molar-refractivity contribution in [2.75, 3.05) is 19.6 Å². The molecule has 0 radical (unpaired) electrons.